The summed E-state index contributed by atoms with van der Waals surface area (Å²) in [6.07, 6.45) is 4.52. The molecule has 106 heavy (non-hydrogen) atoms. The second-order valence-corrected chi connectivity index (χ2v) is 28.2. The number of carbonyl (C=O) groups is 4. The second kappa shape index (κ2) is 34.5. The summed E-state index contributed by atoms with van der Waals surface area (Å²) in [6, 6.07) is 38.1. The van der Waals surface area contributed by atoms with Gasteiger partial charge in [0, 0.05) is 37.6 Å². The maximum absolute atomic E-state index is 14.0. The molecule has 4 aromatic carbocycles. The summed E-state index contributed by atoms with van der Waals surface area (Å²) >= 11 is 0. The van der Waals surface area contributed by atoms with Crippen LogP contribution in [-0.2, 0) is 49.9 Å². The fourth-order valence-electron chi connectivity index (χ4n) is 9.63. The molecule has 0 unspecified atom stereocenters. The monoisotopic (exact) mass is 1480 g/mol. The van der Waals surface area contributed by atoms with Crippen molar-refractivity contribution in [2.24, 2.45) is 0 Å². The maximum Gasteiger partial charge on any atom is 0.412 e. The number of carbonyl (C=O) groups excluding carboxylic acids is 4. The van der Waals surface area contributed by atoms with Gasteiger partial charge < -0.3 is 48.5 Å². The van der Waals surface area contributed by atoms with Gasteiger partial charge in [0.1, 0.15) is 49.7 Å². The highest BCUT2D eigenvalue weighted by atomic mass is 32.2. The maximum atomic E-state index is 14.0. The summed E-state index contributed by atoms with van der Waals surface area (Å²) in [6.45, 7) is 10.6. The minimum atomic E-state index is -4.34. The van der Waals surface area contributed by atoms with E-state index in [0.717, 1.165) is 11.1 Å². The third-order valence-electron chi connectivity index (χ3n) is 14.9. The number of pyridine rings is 2. The van der Waals surface area contributed by atoms with E-state index in [1.807, 2.05) is 41.5 Å². The molecule has 0 saturated carbocycles. The molecule has 6 N–H and O–H groups in total. The summed E-state index contributed by atoms with van der Waals surface area (Å²) in [5, 5.41) is 10.3. The fourth-order valence-corrected chi connectivity index (χ4v) is 11.6. The number of unbranched alkanes of at least 4 members (excludes halogenated alkanes) is 1. The largest absolute Gasteiger partial charge is 0.493 e. The number of nitrogens with zero attached hydrogens (tertiary/aromatic N) is 10. The first-order valence-corrected chi connectivity index (χ1v) is 35.7. The Kier molecular flexibility index (Phi) is 24.7. The van der Waals surface area contributed by atoms with Crippen molar-refractivity contribution >= 4 is 79.0 Å². The first-order valence-electron chi connectivity index (χ1n) is 32.7. The molecule has 0 atom stereocenters. The predicted octanol–water partition coefficient (Wildman–Crippen LogP) is 12.2. The number of para-hydroxylation sites is 4. The molecule has 32 nitrogen and oxygen atoms in total. The molecule has 0 aliphatic carbocycles. The summed E-state index contributed by atoms with van der Waals surface area (Å²) < 4.78 is 108. The van der Waals surface area contributed by atoms with Crippen molar-refractivity contribution in [1.82, 2.24) is 49.8 Å². The predicted molar refractivity (Wildman–Crippen MR) is 389 cm³/mol. The zero-order valence-electron chi connectivity index (χ0n) is 58.6. The van der Waals surface area contributed by atoms with E-state index in [1.54, 1.807) is 97.1 Å². The van der Waals surface area contributed by atoms with Crippen LogP contribution in [0.25, 0.3) is 23.3 Å². The number of ether oxygens (including phenoxy) is 8. The van der Waals surface area contributed by atoms with Crippen molar-refractivity contribution in [3.05, 3.63) is 182 Å². The molecule has 0 fully saturated rings. The van der Waals surface area contributed by atoms with Crippen LogP contribution >= 0.6 is 0 Å². The van der Waals surface area contributed by atoms with Crippen LogP contribution in [0.5, 0.6) is 46.3 Å². The Labute approximate surface area is 610 Å². The second-order valence-electron chi connectivity index (χ2n) is 24.8. The molecule has 0 radical (unpaired) electrons. The van der Waals surface area contributed by atoms with E-state index < -0.39 is 44.0 Å². The number of anilines is 6. The molecular weight excluding hydrogens is 1410 g/mol. The van der Waals surface area contributed by atoms with E-state index in [2.05, 4.69) is 80.6 Å². The summed E-state index contributed by atoms with van der Waals surface area (Å²) in [7, 11) is -5.83. The third kappa shape index (κ3) is 21.0. The van der Waals surface area contributed by atoms with Gasteiger partial charge in [-0.25, -0.2) is 66.3 Å². The van der Waals surface area contributed by atoms with Crippen LogP contribution in [0.4, 0.5) is 44.5 Å². The Morgan fingerprint density at radius 3 is 1.08 bits per heavy atom. The van der Waals surface area contributed by atoms with Crippen LogP contribution in [0.1, 0.15) is 78.4 Å². The zero-order valence-corrected chi connectivity index (χ0v) is 60.3. The van der Waals surface area contributed by atoms with Crippen LogP contribution in [0.2, 0.25) is 0 Å². The van der Waals surface area contributed by atoms with E-state index in [-0.39, 0.29) is 164 Å². The lowest BCUT2D eigenvalue weighted by Gasteiger charge is -2.20. The summed E-state index contributed by atoms with van der Waals surface area (Å²) in [4.78, 5) is 95.7. The number of hydrogen-bond acceptors (Lipinski definition) is 26. The molecule has 0 aliphatic rings. The first-order chi connectivity index (χ1) is 50.8. The minimum absolute atomic E-state index is 0.00676. The molecular formula is C72H74N16O16S2. The van der Waals surface area contributed by atoms with Gasteiger partial charge in [0.15, 0.2) is 46.3 Å². The van der Waals surface area contributed by atoms with Crippen molar-refractivity contribution in [2.75, 3.05) is 71.4 Å². The van der Waals surface area contributed by atoms with Gasteiger partial charge in [-0.05, 0) is 120 Å². The molecule has 0 aliphatic heterocycles. The van der Waals surface area contributed by atoms with Crippen LogP contribution in [0, 0.1) is 0 Å². The van der Waals surface area contributed by atoms with Crippen LogP contribution in [-0.4, -0.2) is 131 Å². The number of methoxy groups -OCH3 is 2. The van der Waals surface area contributed by atoms with Crippen molar-refractivity contribution in [3.8, 4) is 69.6 Å². The molecule has 6 heterocycles. The average molecular weight is 1480 g/mol. The summed E-state index contributed by atoms with van der Waals surface area (Å²) in [5.74, 6) is -1.76. The first kappa shape index (κ1) is 75.9. The van der Waals surface area contributed by atoms with Crippen LogP contribution in [0.15, 0.2) is 180 Å². The van der Waals surface area contributed by atoms with Crippen LogP contribution in [0.3, 0.4) is 0 Å². The van der Waals surface area contributed by atoms with Crippen LogP contribution < -0.4 is 59.1 Å². The molecule has 0 bridgehead atoms. The average Bonchev–Trinajstić information content (AvgIpc) is 0.786. The van der Waals surface area contributed by atoms with Gasteiger partial charge in [-0.3, -0.25) is 29.7 Å². The Hall–Kier alpha value is -12.7. The molecule has 4 amide bonds. The molecule has 0 saturated heterocycles. The molecule has 10 rings (SSSR count). The molecule has 6 aromatic heterocycles. The van der Waals surface area contributed by atoms with E-state index in [0.29, 0.717) is 12.8 Å². The smallest absolute Gasteiger partial charge is 0.412 e. The lowest BCUT2D eigenvalue weighted by molar-refractivity contribution is -0.118. The number of rotatable bonds is 31. The van der Waals surface area contributed by atoms with Gasteiger partial charge in [0.25, 0.3) is 31.8 Å². The Balaban J connectivity index is 0.691. The van der Waals surface area contributed by atoms with Gasteiger partial charge in [0.05, 0.1) is 24.0 Å². The highest BCUT2D eigenvalue weighted by Crippen LogP contribution is 2.44. The number of sulfonamides is 2. The lowest BCUT2D eigenvalue weighted by Crippen LogP contribution is -2.20. The number of benzene rings is 4. The number of hydrogen-bond donors (Lipinski definition) is 6. The SMILES string of the molecule is COc1ccccc1Oc1c(NS(=O)(=O)c2ccc(C(C)(C)C)cc2)nc(-c2ncccn2)nc1OCCOC(=O)Nc1cccc(NC(=O)CCCCC(=O)Nc2cccc(NC(=O)OCCOc3nc(-c4ncccn4)nc(NS(=O)(=O)c4ccc(C(C)(C)C)cc4)c3Oc3ccccc3OC)n2)n1. The quantitative estimate of drug-likeness (QED) is 0.0220. The van der Waals surface area contributed by atoms with Gasteiger partial charge in [-0.2, -0.15) is 9.97 Å². The standard InChI is InChI=1S/C72H74N16O16S2/c1-71(2,3)45-29-33-47(34-30-45)105(93,94)87-61-59(103-51-21-11-9-19-49(51)97-7)67(85-65(83-61)63-73-37-17-38-74-63)99-41-43-101-69(91)81-55-25-15-23-53(77-55)79-57(89)27-13-14-28-58(90)80-54-24-16-26-56(78-54)82-70(92)102-44-42-100-68-60(104-52-22-12-10-20-50(52)98-8)62(84-66(86-68)64-75-39-18-40-76-64)88-106(95,96)48-35-31-46(32-36-48)72(4,5)6/h9-12,15-26,29-40H,13-14,27-28,41-44H2,1-8H3,(H,83,85,87)(H,84,86,88)(H2,77,79,81,89,91)(H2,78,80,82,90,92). The van der Waals surface area contributed by atoms with Gasteiger partial charge in [-0.15, -0.1) is 0 Å². The third-order valence-corrected chi connectivity index (χ3v) is 17.7. The molecule has 550 valence electrons. The zero-order chi connectivity index (χ0) is 75.4. The summed E-state index contributed by atoms with van der Waals surface area (Å²) in [5.41, 5.74) is 1.32. The number of nitrogens with one attached hydrogen (secondary N) is 6. The number of aromatic nitrogens is 10. The Morgan fingerprint density at radius 2 is 0.736 bits per heavy atom. The van der Waals surface area contributed by atoms with Gasteiger partial charge >= 0.3 is 12.2 Å². The van der Waals surface area contributed by atoms with Crippen molar-refractivity contribution in [1.29, 1.82) is 0 Å². The lowest BCUT2D eigenvalue weighted by atomic mass is 9.87. The minimum Gasteiger partial charge on any atom is -0.493 e. The van der Waals surface area contributed by atoms with E-state index >= 15 is 0 Å². The van der Waals surface area contributed by atoms with Crippen molar-refractivity contribution < 1.29 is 73.9 Å². The van der Waals surface area contributed by atoms with E-state index in [9.17, 15) is 36.0 Å². The number of amides is 4. The van der Waals surface area contributed by atoms with Crippen molar-refractivity contribution in [2.45, 2.75) is 87.8 Å². The Morgan fingerprint density at radius 1 is 0.387 bits per heavy atom. The van der Waals surface area contributed by atoms with Crippen molar-refractivity contribution in [3.63, 3.8) is 0 Å². The highest BCUT2D eigenvalue weighted by Gasteiger charge is 2.30. The van der Waals surface area contributed by atoms with Gasteiger partial charge in [-0.1, -0.05) is 102 Å². The van der Waals surface area contributed by atoms with Gasteiger partial charge in [0.2, 0.25) is 35.0 Å². The molecule has 0 spiro atoms. The Bertz CT molecular complexity index is 4670. The topological polar surface area (TPSA) is 411 Å². The van der Waals surface area contributed by atoms with E-state index in [1.165, 1.54) is 87.5 Å². The van der Waals surface area contributed by atoms with E-state index in [4.69, 9.17) is 37.9 Å². The normalized spacial score (nSPS) is 11.4. The fraction of sp³-hybridized carbons (Fsp3) is 0.250. The highest BCUT2D eigenvalue weighted by molar-refractivity contribution is 7.93. The molecule has 34 heteroatoms. The molecule has 10 aromatic rings.